The first-order chi connectivity index (χ1) is 38.2. The van der Waals surface area contributed by atoms with Crippen molar-refractivity contribution in [3.05, 3.63) is 239 Å². The van der Waals surface area contributed by atoms with Crippen LogP contribution in [0.5, 0.6) is 0 Å². The van der Waals surface area contributed by atoms with Gasteiger partial charge in [-0.2, -0.15) is 21.0 Å². The van der Waals surface area contributed by atoms with Crippen molar-refractivity contribution in [1.29, 1.82) is 21.0 Å². The summed E-state index contributed by atoms with van der Waals surface area (Å²) in [7, 11) is 0. The summed E-state index contributed by atoms with van der Waals surface area (Å²) < 4.78 is 0. The van der Waals surface area contributed by atoms with Crippen molar-refractivity contribution in [2.75, 3.05) is 15.1 Å². The Morgan fingerprint density at radius 2 is 0.481 bits per heavy atom. The quantitative estimate of drug-likeness (QED) is 0.0395. The number of nitriles is 4. The van der Waals surface area contributed by atoms with Gasteiger partial charge in [-0.3, -0.25) is 0 Å². The highest BCUT2D eigenvalue weighted by atomic mass is 16.4. The van der Waals surface area contributed by atoms with Crippen LogP contribution in [-0.2, 0) is 19.2 Å². The van der Waals surface area contributed by atoms with E-state index in [-0.39, 0.29) is 5.57 Å². The van der Waals surface area contributed by atoms with E-state index in [9.17, 15) is 55.4 Å². The lowest BCUT2D eigenvalue weighted by molar-refractivity contribution is -0.133. The molecule has 8 aromatic rings. The average Bonchev–Trinajstić information content (AvgIpc) is 3.48. The number of rotatable bonds is 18. The van der Waals surface area contributed by atoms with Gasteiger partial charge in [-0.15, -0.1) is 0 Å². The van der Waals surface area contributed by atoms with Gasteiger partial charge >= 0.3 is 23.9 Å². The van der Waals surface area contributed by atoms with Crippen molar-refractivity contribution >= 4 is 93.7 Å². The first-order valence-electron chi connectivity index (χ1n) is 23.8. The van der Waals surface area contributed by atoms with Crippen molar-refractivity contribution in [2.45, 2.75) is 0 Å². The zero-order chi connectivity index (χ0) is 56.0. The van der Waals surface area contributed by atoms with Gasteiger partial charge < -0.3 is 35.5 Å². The SMILES string of the molecule is N#C/C(=C/c1ccc(N(c2ccc(/C=C(\C#N)C(=O)O)cc2)c2ccc(-c3ccc(N(c4ccc(/C=C(/C#N)C(=O)O)cc4)c4ccc(-c5ccc(Nc6ccc(/C=C(\C#N)C(=O)O)cc6)cc5)cc4)cc3)cc2)cc1)C(=O)O. The van der Waals surface area contributed by atoms with Crippen molar-refractivity contribution < 1.29 is 39.6 Å². The molecule has 0 fully saturated rings. The minimum Gasteiger partial charge on any atom is -0.477 e. The van der Waals surface area contributed by atoms with Gasteiger partial charge in [0.2, 0.25) is 0 Å². The van der Waals surface area contributed by atoms with Gasteiger partial charge in [0, 0.05) is 45.5 Å². The summed E-state index contributed by atoms with van der Waals surface area (Å²) in [6, 6.07) is 66.5. The molecule has 0 aliphatic heterocycles. The third kappa shape index (κ3) is 13.0. The van der Waals surface area contributed by atoms with E-state index in [1.807, 2.05) is 114 Å². The Bertz CT molecular complexity index is 3830. The molecule has 0 radical (unpaired) electrons. The van der Waals surface area contributed by atoms with Crippen LogP contribution in [0.4, 0.5) is 45.5 Å². The first kappa shape index (κ1) is 53.3. The molecule has 0 saturated carbocycles. The lowest BCUT2D eigenvalue weighted by Gasteiger charge is -2.26. The summed E-state index contributed by atoms with van der Waals surface area (Å²) >= 11 is 0. The lowest BCUT2D eigenvalue weighted by Crippen LogP contribution is -2.10. The molecule has 15 heteroatoms. The fraction of sp³-hybridized carbons (Fsp3) is 0. The van der Waals surface area contributed by atoms with Crippen LogP contribution in [0.1, 0.15) is 22.3 Å². The van der Waals surface area contributed by atoms with E-state index in [0.29, 0.717) is 33.6 Å². The van der Waals surface area contributed by atoms with Gasteiger partial charge in [0.1, 0.15) is 46.6 Å². The summed E-state index contributed by atoms with van der Waals surface area (Å²) in [6.07, 6.45) is 5.17. The number of hydrogen-bond acceptors (Lipinski definition) is 11. The number of aliphatic carboxylic acids is 4. The van der Waals surface area contributed by atoms with Crippen LogP contribution in [0.25, 0.3) is 46.6 Å². The van der Waals surface area contributed by atoms with Gasteiger partial charge in [0.05, 0.1) is 0 Å². The Kier molecular flexibility index (Phi) is 16.4. The summed E-state index contributed by atoms with van der Waals surface area (Å²) in [5.41, 5.74) is 10.3. The molecule has 15 nitrogen and oxygen atoms in total. The molecule has 0 amide bonds. The normalized spacial score (nSPS) is 11.4. The molecule has 0 unspecified atom stereocenters. The molecule has 8 rings (SSSR count). The van der Waals surface area contributed by atoms with Crippen LogP contribution in [0, 0.1) is 45.3 Å². The predicted octanol–water partition coefficient (Wildman–Crippen LogP) is 13.7. The number of anilines is 8. The van der Waals surface area contributed by atoms with Crippen molar-refractivity contribution in [2.24, 2.45) is 0 Å². The molecule has 0 heterocycles. The van der Waals surface area contributed by atoms with E-state index in [1.54, 1.807) is 109 Å². The Morgan fingerprint density at radius 3 is 0.684 bits per heavy atom. The molecular weight excluding hydrogens is 995 g/mol. The van der Waals surface area contributed by atoms with Crippen LogP contribution in [-0.4, -0.2) is 44.3 Å². The largest absolute Gasteiger partial charge is 0.477 e. The van der Waals surface area contributed by atoms with E-state index in [2.05, 4.69) is 10.2 Å². The van der Waals surface area contributed by atoms with Gasteiger partial charge in [-0.1, -0.05) is 97.1 Å². The van der Waals surface area contributed by atoms with Crippen LogP contribution >= 0.6 is 0 Å². The van der Waals surface area contributed by atoms with Crippen molar-refractivity contribution in [3.63, 3.8) is 0 Å². The minimum atomic E-state index is -1.34. The number of nitrogens with one attached hydrogen (secondary N) is 1. The van der Waals surface area contributed by atoms with Gasteiger partial charge in [0.15, 0.2) is 0 Å². The molecule has 0 aliphatic carbocycles. The maximum Gasteiger partial charge on any atom is 0.346 e. The zero-order valence-electron chi connectivity index (χ0n) is 41.4. The predicted molar refractivity (Wildman–Crippen MR) is 301 cm³/mol. The van der Waals surface area contributed by atoms with Crippen LogP contribution < -0.4 is 15.1 Å². The topological polar surface area (TPSA) is 263 Å². The molecule has 0 bridgehead atoms. The smallest absolute Gasteiger partial charge is 0.346 e. The highest BCUT2D eigenvalue weighted by Gasteiger charge is 2.17. The standard InChI is InChI=1S/C64H41N7O8/c65-37-49(61(72)73)33-41-1-17-53(18-2-41)69-54-19-9-45(10-20-54)46-11-27-59(28-12-46)71(57-25-7-44(8-26-57)36-52(40-68)64(78)79)60-31-15-48(16-32-60)47-13-29-58(30-14-47)70(55-21-3-42(4-22-55)34-50(38-66)62(74)75)56-23-5-43(6-24-56)35-51(39-67)63(76)77/h1-36,69H,(H,72,73)(H,74,75)(H,76,77)(H,78,79)/b49-33+,50-34-,51-35+,52-36-. The highest BCUT2D eigenvalue weighted by molar-refractivity contribution is 5.99. The maximum atomic E-state index is 11.6. The molecular formula is C64H41N7O8. The second-order valence-corrected chi connectivity index (χ2v) is 17.3. The minimum absolute atomic E-state index is 0.359. The Hall–Kier alpha value is -12.0. The van der Waals surface area contributed by atoms with E-state index >= 15 is 0 Å². The van der Waals surface area contributed by atoms with Crippen LogP contribution in [0.3, 0.4) is 0 Å². The monoisotopic (exact) mass is 1040 g/mol. The number of carboxylic acid groups (broad SMARTS) is 4. The Morgan fingerprint density at radius 1 is 0.304 bits per heavy atom. The first-order valence-corrected chi connectivity index (χ1v) is 23.8. The fourth-order valence-corrected chi connectivity index (χ4v) is 8.27. The van der Waals surface area contributed by atoms with Gasteiger partial charge in [0.25, 0.3) is 0 Å². The Labute approximate surface area is 452 Å². The molecule has 0 aromatic heterocycles. The van der Waals surface area contributed by atoms with Crippen LogP contribution in [0.2, 0.25) is 0 Å². The number of carboxylic acids is 4. The lowest BCUT2D eigenvalue weighted by atomic mass is 10.0. The molecule has 79 heavy (non-hydrogen) atoms. The van der Waals surface area contributed by atoms with E-state index in [4.69, 9.17) is 5.26 Å². The van der Waals surface area contributed by atoms with Crippen molar-refractivity contribution in [3.8, 4) is 46.5 Å². The number of carbonyl (C=O) groups is 4. The highest BCUT2D eigenvalue weighted by Crippen LogP contribution is 2.39. The molecule has 0 spiro atoms. The third-order valence-corrected chi connectivity index (χ3v) is 12.2. The van der Waals surface area contributed by atoms with E-state index in [1.165, 1.54) is 24.3 Å². The molecule has 8 aromatic carbocycles. The summed E-state index contributed by atoms with van der Waals surface area (Å²) in [5.74, 6) is -5.31. The fourth-order valence-electron chi connectivity index (χ4n) is 8.27. The summed E-state index contributed by atoms with van der Waals surface area (Å²) in [4.78, 5) is 49.9. The molecule has 0 aliphatic rings. The molecule has 5 N–H and O–H groups in total. The number of hydrogen-bond donors (Lipinski definition) is 5. The number of benzene rings is 8. The molecule has 380 valence electrons. The van der Waals surface area contributed by atoms with Crippen molar-refractivity contribution in [1.82, 2.24) is 0 Å². The number of nitrogens with zero attached hydrogens (tertiary/aromatic N) is 6. The van der Waals surface area contributed by atoms with Gasteiger partial charge in [-0.05, 0) is 166 Å². The summed E-state index contributed by atoms with van der Waals surface area (Å²) in [5, 5.41) is 77.9. The Balaban J connectivity index is 1.07. The zero-order valence-corrected chi connectivity index (χ0v) is 41.4. The second-order valence-electron chi connectivity index (χ2n) is 17.3. The van der Waals surface area contributed by atoms with Crippen LogP contribution in [0.15, 0.2) is 216 Å². The molecule has 0 atom stereocenters. The maximum absolute atomic E-state index is 11.6. The average molecular weight is 1040 g/mol. The van der Waals surface area contributed by atoms with Gasteiger partial charge in [-0.25, -0.2) is 19.2 Å². The summed E-state index contributed by atoms with van der Waals surface area (Å²) in [6.45, 7) is 0. The van der Waals surface area contributed by atoms with E-state index in [0.717, 1.165) is 56.4 Å². The second kappa shape index (κ2) is 24.3. The van der Waals surface area contributed by atoms with E-state index < -0.39 is 40.6 Å². The third-order valence-electron chi connectivity index (χ3n) is 12.2. The molecule has 0 saturated heterocycles.